The van der Waals surface area contributed by atoms with Crippen molar-refractivity contribution in [2.75, 3.05) is 18.9 Å². The third-order valence-electron chi connectivity index (χ3n) is 3.16. The van der Waals surface area contributed by atoms with E-state index in [9.17, 15) is 4.79 Å². The second-order valence-electron chi connectivity index (χ2n) is 4.61. The minimum Gasteiger partial charge on any atom is -0.373 e. The van der Waals surface area contributed by atoms with Crippen LogP contribution in [0.2, 0.25) is 0 Å². The van der Waals surface area contributed by atoms with Crippen molar-refractivity contribution in [3.05, 3.63) is 11.9 Å². The lowest BCUT2D eigenvalue weighted by atomic mass is 10.3. The van der Waals surface area contributed by atoms with E-state index in [2.05, 4.69) is 17.3 Å². The van der Waals surface area contributed by atoms with E-state index in [1.165, 1.54) is 0 Å². The molecule has 94 valence electrons. The third kappa shape index (κ3) is 2.78. The number of hydrogen-bond acceptors (Lipinski definition) is 3. The molecule has 17 heavy (non-hydrogen) atoms. The molecule has 1 fully saturated rings. The number of anilines is 1. The van der Waals surface area contributed by atoms with Gasteiger partial charge in [0.2, 0.25) is 5.91 Å². The van der Waals surface area contributed by atoms with Gasteiger partial charge in [-0.2, -0.15) is 5.10 Å². The van der Waals surface area contributed by atoms with Crippen LogP contribution in [0.4, 0.5) is 5.69 Å². The standard InChI is InChI=1S/C12H20N4O/c1-4-10-11(8-15(2)14-10)13-7-12(17)16(3)9-5-6-9/h8-9,13H,4-7H2,1-3H3. The van der Waals surface area contributed by atoms with Crippen LogP contribution in [0.5, 0.6) is 0 Å². The summed E-state index contributed by atoms with van der Waals surface area (Å²) in [5.41, 5.74) is 1.97. The summed E-state index contributed by atoms with van der Waals surface area (Å²) in [4.78, 5) is 13.7. The summed E-state index contributed by atoms with van der Waals surface area (Å²) < 4.78 is 1.77. The fraction of sp³-hybridized carbons (Fsp3) is 0.667. The number of likely N-dealkylation sites (N-methyl/N-ethyl adjacent to an activating group) is 1. The van der Waals surface area contributed by atoms with Crippen molar-refractivity contribution < 1.29 is 4.79 Å². The molecule has 1 aromatic heterocycles. The molecule has 0 radical (unpaired) electrons. The van der Waals surface area contributed by atoms with Gasteiger partial charge in [0, 0.05) is 26.3 Å². The van der Waals surface area contributed by atoms with Crippen molar-refractivity contribution in [2.45, 2.75) is 32.2 Å². The molecule has 1 saturated carbocycles. The summed E-state index contributed by atoms with van der Waals surface area (Å²) in [7, 11) is 3.77. The highest BCUT2D eigenvalue weighted by Crippen LogP contribution is 2.25. The number of rotatable bonds is 5. The molecule has 5 nitrogen and oxygen atoms in total. The van der Waals surface area contributed by atoms with E-state index in [0.29, 0.717) is 12.6 Å². The third-order valence-corrected chi connectivity index (χ3v) is 3.16. The smallest absolute Gasteiger partial charge is 0.241 e. The number of amides is 1. The van der Waals surface area contributed by atoms with Gasteiger partial charge in [-0.05, 0) is 19.3 Å². The van der Waals surface area contributed by atoms with E-state index in [4.69, 9.17) is 0 Å². The summed E-state index contributed by atoms with van der Waals surface area (Å²) >= 11 is 0. The van der Waals surface area contributed by atoms with Crippen molar-refractivity contribution in [1.82, 2.24) is 14.7 Å². The Balaban J connectivity index is 1.90. The first-order chi connectivity index (χ1) is 8.11. The van der Waals surface area contributed by atoms with Gasteiger partial charge in [-0.15, -0.1) is 0 Å². The van der Waals surface area contributed by atoms with Gasteiger partial charge in [0.25, 0.3) is 0 Å². The zero-order valence-corrected chi connectivity index (χ0v) is 10.7. The van der Waals surface area contributed by atoms with E-state index in [-0.39, 0.29) is 5.91 Å². The second kappa shape index (κ2) is 4.77. The molecule has 0 saturated heterocycles. The Labute approximate surface area is 102 Å². The Morgan fingerprint density at radius 1 is 1.65 bits per heavy atom. The summed E-state index contributed by atoms with van der Waals surface area (Å²) in [5.74, 6) is 0.151. The molecule has 1 aliphatic rings. The van der Waals surface area contributed by atoms with Gasteiger partial charge in [-0.3, -0.25) is 9.48 Å². The average Bonchev–Trinajstić information content (AvgIpc) is 3.09. The maximum absolute atomic E-state index is 11.8. The lowest BCUT2D eigenvalue weighted by Crippen LogP contribution is -2.33. The minimum atomic E-state index is 0.151. The highest BCUT2D eigenvalue weighted by atomic mass is 16.2. The van der Waals surface area contributed by atoms with Crippen LogP contribution in [-0.2, 0) is 18.3 Å². The Bertz CT molecular complexity index is 409. The summed E-state index contributed by atoms with van der Waals surface area (Å²) in [6, 6.07) is 0.476. The summed E-state index contributed by atoms with van der Waals surface area (Å²) in [5, 5.41) is 7.50. The molecular formula is C12H20N4O. The quantitative estimate of drug-likeness (QED) is 0.830. The molecule has 2 rings (SSSR count). The molecule has 0 aromatic carbocycles. The van der Waals surface area contributed by atoms with E-state index < -0.39 is 0 Å². The van der Waals surface area contributed by atoms with Crippen LogP contribution in [0.1, 0.15) is 25.5 Å². The molecule has 1 heterocycles. The maximum Gasteiger partial charge on any atom is 0.241 e. The zero-order chi connectivity index (χ0) is 12.4. The Hall–Kier alpha value is -1.52. The molecule has 1 aromatic rings. The van der Waals surface area contributed by atoms with Gasteiger partial charge in [0.05, 0.1) is 17.9 Å². The molecule has 1 aliphatic carbocycles. The average molecular weight is 236 g/mol. The monoisotopic (exact) mass is 236 g/mol. The number of carbonyl (C=O) groups is 1. The highest BCUT2D eigenvalue weighted by molar-refractivity contribution is 5.81. The predicted molar refractivity (Wildman–Crippen MR) is 66.9 cm³/mol. The Morgan fingerprint density at radius 2 is 2.35 bits per heavy atom. The van der Waals surface area contributed by atoms with Gasteiger partial charge < -0.3 is 10.2 Å². The molecule has 1 N–H and O–H groups in total. The van der Waals surface area contributed by atoms with E-state index in [1.807, 2.05) is 25.2 Å². The van der Waals surface area contributed by atoms with Crippen LogP contribution in [0, 0.1) is 0 Å². The van der Waals surface area contributed by atoms with Gasteiger partial charge in [0.1, 0.15) is 0 Å². The molecule has 0 atom stereocenters. The van der Waals surface area contributed by atoms with Crippen LogP contribution in [0.25, 0.3) is 0 Å². The first-order valence-corrected chi connectivity index (χ1v) is 6.14. The molecule has 0 unspecified atom stereocenters. The van der Waals surface area contributed by atoms with Crippen molar-refractivity contribution >= 4 is 11.6 Å². The number of carbonyl (C=O) groups excluding carboxylic acids is 1. The van der Waals surface area contributed by atoms with Crippen molar-refractivity contribution in [1.29, 1.82) is 0 Å². The van der Waals surface area contributed by atoms with Gasteiger partial charge in [0.15, 0.2) is 0 Å². The summed E-state index contributed by atoms with van der Waals surface area (Å²) in [6.45, 7) is 2.41. The van der Waals surface area contributed by atoms with Gasteiger partial charge in [-0.1, -0.05) is 6.92 Å². The van der Waals surface area contributed by atoms with Crippen LogP contribution >= 0.6 is 0 Å². The van der Waals surface area contributed by atoms with Crippen LogP contribution in [0.15, 0.2) is 6.20 Å². The fourth-order valence-electron chi connectivity index (χ4n) is 1.90. The van der Waals surface area contributed by atoms with Gasteiger partial charge in [-0.25, -0.2) is 0 Å². The zero-order valence-electron chi connectivity index (χ0n) is 10.7. The normalized spacial score (nSPS) is 14.8. The topological polar surface area (TPSA) is 50.2 Å². The SMILES string of the molecule is CCc1nn(C)cc1NCC(=O)N(C)C1CC1. The molecule has 0 bridgehead atoms. The number of aromatic nitrogens is 2. The van der Waals surface area contributed by atoms with E-state index >= 15 is 0 Å². The summed E-state index contributed by atoms with van der Waals surface area (Å²) in [6.07, 6.45) is 5.09. The van der Waals surface area contributed by atoms with Crippen molar-refractivity contribution in [3.63, 3.8) is 0 Å². The number of hydrogen-bond donors (Lipinski definition) is 1. The lowest BCUT2D eigenvalue weighted by molar-refractivity contribution is -0.128. The van der Waals surface area contributed by atoms with Crippen LogP contribution in [-0.4, -0.2) is 40.2 Å². The van der Waals surface area contributed by atoms with Crippen LogP contribution in [0.3, 0.4) is 0 Å². The fourth-order valence-corrected chi connectivity index (χ4v) is 1.90. The lowest BCUT2D eigenvalue weighted by Gasteiger charge is -2.16. The molecule has 0 aliphatic heterocycles. The van der Waals surface area contributed by atoms with Gasteiger partial charge >= 0.3 is 0 Å². The number of aryl methyl sites for hydroxylation is 2. The Morgan fingerprint density at radius 3 is 2.94 bits per heavy atom. The number of nitrogens with zero attached hydrogens (tertiary/aromatic N) is 3. The highest BCUT2D eigenvalue weighted by Gasteiger charge is 2.29. The first kappa shape index (κ1) is 12.0. The Kier molecular flexibility index (Phi) is 3.36. The minimum absolute atomic E-state index is 0.151. The molecule has 5 heteroatoms. The first-order valence-electron chi connectivity index (χ1n) is 6.14. The maximum atomic E-state index is 11.8. The largest absolute Gasteiger partial charge is 0.373 e. The van der Waals surface area contributed by atoms with Crippen molar-refractivity contribution in [2.24, 2.45) is 7.05 Å². The molecular weight excluding hydrogens is 216 g/mol. The molecule has 0 spiro atoms. The molecule has 1 amide bonds. The van der Waals surface area contributed by atoms with Crippen LogP contribution < -0.4 is 5.32 Å². The predicted octanol–water partition coefficient (Wildman–Crippen LogP) is 1.02. The van der Waals surface area contributed by atoms with E-state index in [0.717, 1.165) is 30.6 Å². The second-order valence-corrected chi connectivity index (χ2v) is 4.61. The van der Waals surface area contributed by atoms with Crippen molar-refractivity contribution in [3.8, 4) is 0 Å². The number of nitrogens with one attached hydrogen (secondary N) is 1. The van der Waals surface area contributed by atoms with E-state index in [1.54, 1.807) is 4.68 Å².